The summed E-state index contributed by atoms with van der Waals surface area (Å²) in [5, 5.41) is 3.62. The average Bonchev–Trinajstić information content (AvgIpc) is 2.06. The molecule has 6 heteroatoms. The SMILES string of the molecule is CC(C)(C)Nc1nc(NN)ncc1Cl. The third kappa shape index (κ3) is 3.01. The van der Waals surface area contributed by atoms with E-state index in [0.29, 0.717) is 16.8 Å². The van der Waals surface area contributed by atoms with Crippen molar-refractivity contribution in [3.63, 3.8) is 0 Å². The van der Waals surface area contributed by atoms with E-state index in [9.17, 15) is 0 Å². The Morgan fingerprint density at radius 3 is 2.57 bits per heavy atom. The van der Waals surface area contributed by atoms with E-state index in [4.69, 9.17) is 17.4 Å². The van der Waals surface area contributed by atoms with E-state index < -0.39 is 0 Å². The molecule has 4 N–H and O–H groups in total. The second kappa shape index (κ2) is 3.98. The summed E-state index contributed by atoms with van der Waals surface area (Å²) in [6.07, 6.45) is 1.50. The third-order valence-electron chi connectivity index (χ3n) is 1.37. The number of anilines is 2. The van der Waals surface area contributed by atoms with Crippen LogP contribution in [0.15, 0.2) is 6.20 Å². The molecule has 1 aromatic rings. The van der Waals surface area contributed by atoms with Crippen molar-refractivity contribution in [1.29, 1.82) is 0 Å². The molecule has 1 rings (SSSR count). The lowest BCUT2D eigenvalue weighted by atomic mass is 10.1. The zero-order chi connectivity index (χ0) is 10.8. The van der Waals surface area contributed by atoms with Gasteiger partial charge in [-0.05, 0) is 20.8 Å². The molecule has 0 saturated carbocycles. The van der Waals surface area contributed by atoms with Gasteiger partial charge >= 0.3 is 0 Å². The van der Waals surface area contributed by atoms with E-state index in [1.807, 2.05) is 20.8 Å². The van der Waals surface area contributed by atoms with Gasteiger partial charge in [-0.15, -0.1) is 0 Å². The van der Waals surface area contributed by atoms with E-state index in [2.05, 4.69) is 20.7 Å². The topological polar surface area (TPSA) is 75.9 Å². The first-order valence-electron chi connectivity index (χ1n) is 4.20. The van der Waals surface area contributed by atoms with Crippen LogP contribution >= 0.6 is 11.6 Å². The standard InChI is InChI=1S/C8H14ClN5/c1-8(2,3)13-6-5(9)4-11-7(12-6)14-10/h4H,10H2,1-3H3,(H2,11,12,13,14). The van der Waals surface area contributed by atoms with Gasteiger partial charge in [-0.3, -0.25) is 5.43 Å². The Kier molecular flexibility index (Phi) is 3.13. The fourth-order valence-electron chi connectivity index (χ4n) is 0.880. The van der Waals surface area contributed by atoms with Crippen LogP contribution in [0.2, 0.25) is 5.02 Å². The fraction of sp³-hybridized carbons (Fsp3) is 0.500. The van der Waals surface area contributed by atoms with Gasteiger partial charge in [0, 0.05) is 5.54 Å². The molecule has 5 nitrogen and oxygen atoms in total. The molecule has 0 amide bonds. The van der Waals surface area contributed by atoms with Crippen LogP contribution in [-0.4, -0.2) is 15.5 Å². The monoisotopic (exact) mass is 215 g/mol. The number of halogens is 1. The van der Waals surface area contributed by atoms with Crippen LogP contribution < -0.4 is 16.6 Å². The highest BCUT2D eigenvalue weighted by atomic mass is 35.5. The summed E-state index contributed by atoms with van der Waals surface area (Å²) in [5.41, 5.74) is 2.25. The van der Waals surface area contributed by atoms with Crippen LogP contribution in [0.25, 0.3) is 0 Å². The molecule has 0 fully saturated rings. The molecule has 0 radical (unpaired) electrons. The molecule has 0 aromatic carbocycles. The quantitative estimate of drug-likeness (QED) is 0.517. The number of nitrogens with zero attached hydrogens (tertiary/aromatic N) is 2. The van der Waals surface area contributed by atoms with Gasteiger partial charge in [-0.2, -0.15) is 4.98 Å². The fourth-order valence-corrected chi connectivity index (χ4v) is 1.02. The van der Waals surface area contributed by atoms with Crippen molar-refractivity contribution in [2.75, 3.05) is 10.7 Å². The number of rotatable bonds is 2. The lowest BCUT2D eigenvalue weighted by Crippen LogP contribution is -2.27. The number of hydrogen-bond donors (Lipinski definition) is 3. The molecule has 0 aliphatic heterocycles. The van der Waals surface area contributed by atoms with Gasteiger partial charge in [0.15, 0.2) is 5.82 Å². The Hall–Kier alpha value is -1.07. The molecule has 0 saturated heterocycles. The van der Waals surface area contributed by atoms with E-state index >= 15 is 0 Å². The minimum Gasteiger partial charge on any atom is -0.364 e. The lowest BCUT2D eigenvalue weighted by Gasteiger charge is -2.21. The highest BCUT2D eigenvalue weighted by molar-refractivity contribution is 6.32. The Morgan fingerprint density at radius 2 is 2.07 bits per heavy atom. The van der Waals surface area contributed by atoms with Crippen LogP contribution in [0.4, 0.5) is 11.8 Å². The second-order valence-electron chi connectivity index (χ2n) is 3.91. The van der Waals surface area contributed by atoms with Crippen LogP contribution in [0.1, 0.15) is 20.8 Å². The molecule has 0 spiro atoms. The number of nitrogens with one attached hydrogen (secondary N) is 2. The lowest BCUT2D eigenvalue weighted by molar-refractivity contribution is 0.630. The van der Waals surface area contributed by atoms with E-state index in [1.54, 1.807) is 0 Å². The van der Waals surface area contributed by atoms with Crippen LogP contribution in [-0.2, 0) is 0 Å². The van der Waals surface area contributed by atoms with Crippen molar-refractivity contribution < 1.29 is 0 Å². The van der Waals surface area contributed by atoms with Crippen molar-refractivity contribution in [1.82, 2.24) is 9.97 Å². The largest absolute Gasteiger partial charge is 0.364 e. The number of aromatic nitrogens is 2. The molecular formula is C8H14ClN5. The molecular weight excluding hydrogens is 202 g/mol. The van der Waals surface area contributed by atoms with Gasteiger partial charge < -0.3 is 5.32 Å². The highest BCUT2D eigenvalue weighted by Gasteiger charge is 2.13. The Morgan fingerprint density at radius 1 is 1.43 bits per heavy atom. The van der Waals surface area contributed by atoms with Gasteiger partial charge in [-0.1, -0.05) is 11.6 Å². The van der Waals surface area contributed by atoms with Crippen molar-refractivity contribution in [2.45, 2.75) is 26.3 Å². The van der Waals surface area contributed by atoms with Gasteiger partial charge in [-0.25, -0.2) is 10.8 Å². The van der Waals surface area contributed by atoms with Crippen molar-refractivity contribution in [3.8, 4) is 0 Å². The maximum Gasteiger partial charge on any atom is 0.239 e. The first-order valence-corrected chi connectivity index (χ1v) is 4.57. The minimum absolute atomic E-state index is 0.107. The first-order chi connectivity index (χ1) is 6.42. The molecule has 14 heavy (non-hydrogen) atoms. The number of hydrogen-bond acceptors (Lipinski definition) is 5. The number of hydrazine groups is 1. The van der Waals surface area contributed by atoms with E-state index in [0.717, 1.165) is 0 Å². The van der Waals surface area contributed by atoms with Crippen molar-refractivity contribution in [3.05, 3.63) is 11.2 Å². The van der Waals surface area contributed by atoms with Crippen LogP contribution in [0.5, 0.6) is 0 Å². The van der Waals surface area contributed by atoms with Crippen molar-refractivity contribution in [2.24, 2.45) is 5.84 Å². The zero-order valence-corrected chi connectivity index (χ0v) is 9.18. The first kappa shape index (κ1) is 11.0. The summed E-state index contributed by atoms with van der Waals surface area (Å²) in [5.74, 6) is 6.09. The summed E-state index contributed by atoms with van der Waals surface area (Å²) in [4.78, 5) is 7.95. The van der Waals surface area contributed by atoms with Crippen LogP contribution in [0, 0.1) is 0 Å². The van der Waals surface area contributed by atoms with Crippen LogP contribution in [0.3, 0.4) is 0 Å². The maximum atomic E-state index is 5.90. The normalized spacial score (nSPS) is 11.2. The molecule has 0 atom stereocenters. The molecule has 1 aromatic heterocycles. The molecule has 0 aliphatic rings. The zero-order valence-electron chi connectivity index (χ0n) is 8.43. The average molecular weight is 216 g/mol. The van der Waals surface area contributed by atoms with E-state index in [1.165, 1.54) is 6.20 Å². The Labute approximate surface area is 88.0 Å². The molecule has 78 valence electrons. The second-order valence-corrected chi connectivity index (χ2v) is 4.32. The van der Waals surface area contributed by atoms with Gasteiger partial charge in [0.05, 0.1) is 6.20 Å². The number of nitrogens with two attached hydrogens (primary N) is 1. The Balaban J connectivity index is 2.95. The smallest absolute Gasteiger partial charge is 0.239 e. The summed E-state index contributed by atoms with van der Waals surface area (Å²) < 4.78 is 0. The molecule has 0 aliphatic carbocycles. The third-order valence-corrected chi connectivity index (χ3v) is 1.64. The highest BCUT2D eigenvalue weighted by Crippen LogP contribution is 2.22. The van der Waals surface area contributed by atoms with Gasteiger partial charge in [0.1, 0.15) is 5.02 Å². The summed E-state index contributed by atoms with van der Waals surface area (Å²) in [6, 6.07) is 0. The molecule has 0 unspecified atom stereocenters. The molecule has 0 bridgehead atoms. The summed E-state index contributed by atoms with van der Waals surface area (Å²) in [7, 11) is 0. The maximum absolute atomic E-state index is 5.90. The predicted octanol–water partition coefficient (Wildman–Crippen LogP) is 1.63. The predicted molar refractivity (Wildman–Crippen MR) is 58.2 cm³/mol. The minimum atomic E-state index is -0.107. The molecule has 1 heterocycles. The van der Waals surface area contributed by atoms with Gasteiger partial charge in [0.25, 0.3) is 0 Å². The Bertz CT molecular complexity index is 320. The van der Waals surface area contributed by atoms with Crippen molar-refractivity contribution >= 4 is 23.4 Å². The van der Waals surface area contributed by atoms with Gasteiger partial charge in [0.2, 0.25) is 5.95 Å². The van der Waals surface area contributed by atoms with E-state index in [-0.39, 0.29) is 5.54 Å². The summed E-state index contributed by atoms with van der Waals surface area (Å²) >= 11 is 5.90. The summed E-state index contributed by atoms with van der Waals surface area (Å²) in [6.45, 7) is 6.04. The number of nitrogen functional groups attached to an aromatic ring is 1.